The Morgan fingerprint density at radius 2 is 2.18 bits per heavy atom. The molecule has 0 spiro atoms. The third-order valence-corrected chi connectivity index (χ3v) is 2.20. The molecule has 0 aliphatic carbocycles. The molecule has 6 heteroatoms. The van der Waals surface area contributed by atoms with Gasteiger partial charge in [-0.3, -0.25) is 10.2 Å². The molecule has 1 atom stereocenters. The molecule has 1 aromatic rings. The van der Waals surface area contributed by atoms with E-state index < -0.39 is 12.0 Å². The Hall–Kier alpha value is -1.59. The molecular formula is C11H16ClN3O2. The SMILES string of the molecule is COC(=O)[C@@H](N)Cc1cccc(C(=N)N)c1.Cl. The van der Waals surface area contributed by atoms with Crippen LogP contribution in [-0.4, -0.2) is 25.0 Å². The van der Waals surface area contributed by atoms with Gasteiger partial charge in [0.2, 0.25) is 0 Å². The highest BCUT2D eigenvalue weighted by Gasteiger charge is 2.14. The number of rotatable bonds is 4. The summed E-state index contributed by atoms with van der Waals surface area (Å²) in [7, 11) is 1.30. The summed E-state index contributed by atoms with van der Waals surface area (Å²) >= 11 is 0. The monoisotopic (exact) mass is 257 g/mol. The van der Waals surface area contributed by atoms with Crippen LogP contribution in [0.2, 0.25) is 0 Å². The van der Waals surface area contributed by atoms with E-state index in [1.165, 1.54) is 7.11 Å². The largest absolute Gasteiger partial charge is 0.468 e. The highest BCUT2D eigenvalue weighted by Crippen LogP contribution is 2.07. The van der Waals surface area contributed by atoms with Gasteiger partial charge in [-0.15, -0.1) is 12.4 Å². The maximum atomic E-state index is 11.1. The van der Waals surface area contributed by atoms with Crippen LogP contribution in [0.3, 0.4) is 0 Å². The second kappa shape index (κ2) is 6.88. The molecule has 0 unspecified atom stereocenters. The smallest absolute Gasteiger partial charge is 0.322 e. The van der Waals surface area contributed by atoms with Crippen molar-refractivity contribution in [2.75, 3.05) is 7.11 Å². The summed E-state index contributed by atoms with van der Waals surface area (Å²) < 4.78 is 4.53. The number of nitrogens with one attached hydrogen (secondary N) is 1. The van der Waals surface area contributed by atoms with Gasteiger partial charge in [0.1, 0.15) is 11.9 Å². The number of methoxy groups -OCH3 is 1. The Morgan fingerprint density at radius 3 is 2.71 bits per heavy atom. The summed E-state index contributed by atoms with van der Waals surface area (Å²) in [5.41, 5.74) is 12.5. The lowest BCUT2D eigenvalue weighted by Gasteiger charge is -2.09. The molecule has 0 amide bonds. The van der Waals surface area contributed by atoms with E-state index in [0.29, 0.717) is 12.0 Å². The first kappa shape index (κ1) is 15.4. The molecule has 0 aromatic heterocycles. The zero-order valence-corrected chi connectivity index (χ0v) is 10.3. The van der Waals surface area contributed by atoms with Gasteiger partial charge in [0, 0.05) is 5.56 Å². The lowest BCUT2D eigenvalue weighted by atomic mass is 10.0. The van der Waals surface area contributed by atoms with E-state index in [1.807, 2.05) is 6.07 Å². The fraction of sp³-hybridized carbons (Fsp3) is 0.273. The van der Waals surface area contributed by atoms with Crippen LogP contribution in [0.4, 0.5) is 0 Å². The normalized spacial score (nSPS) is 11.2. The number of nitrogens with two attached hydrogens (primary N) is 2. The average molecular weight is 258 g/mol. The first-order valence-corrected chi connectivity index (χ1v) is 4.81. The van der Waals surface area contributed by atoms with Crippen molar-refractivity contribution >= 4 is 24.2 Å². The molecule has 0 fully saturated rings. The van der Waals surface area contributed by atoms with Crippen LogP contribution >= 0.6 is 12.4 Å². The number of ether oxygens (including phenoxy) is 1. The number of benzene rings is 1. The van der Waals surface area contributed by atoms with Crippen LogP contribution in [0.5, 0.6) is 0 Å². The Labute approximate surface area is 106 Å². The minimum atomic E-state index is -0.688. The van der Waals surface area contributed by atoms with Crippen LogP contribution in [0.15, 0.2) is 24.3 Å². The van der Waals surface area contributed by atoms with Crippen molar-refractivity contribution < 1.29 is 9.53 Å². The Kier molecular flexibility index (Phi) is 6.23. The van der Waals surface area contributed by atoms with Crippen molar-refractivity contribution in [2.24, 2.45) is 11.5 Å². The van der Waals surface area contributed by atoms with E-state index in [2.05, 4.69) is 4.74 Å². The third-order valence-electron chi connectivity index (χ3n) is 2.20. The van der Waals surface area contributed by atoms with E-state index >= 15 is 0 Å². The van der Waals surface area contributed by atoms with E-state index in [0.717, 1.165) is 5.56 Å². The van der Waals surface area contributed by atoms with Crippen molar-refractivity contribution in [1.29, 1.82) is 5.41 Å². The summed E-state index contributed by atoms with van der Waals surface area (Å²) in [6, 6.07) is 6.39. The number of carbonyl (C=O) groups excluding carboxylic acids is 1. The van der Waals surface area contributed by atoms with Crippen molar-refractivity contribution in [3.05, 3.63) is 35.4 Å². The number of carbonyl (C=O) groups is 1. The summed E-state index contributed by atoms with van der Waals surface area (Å²) in [4.78, 5) is 11.1. The summed E-state index contributed by atoms with van der Waals surface area (Å²) in [5.74, 6) is -0.457. The van der Waals surface area contributed by atoms with Crippen LogP contribution in [0.1, 0.15) is 11.1 Å². The van der Waals surface area contributed by atoms with Gasteiger partial charge in [-0.2, -0.15) is 0 Å². The molecular weight excluding hydrogens is 242 g/mol. The van der Waals surface area contributed by atoms with Gasteiger partial charge >= 0.3 is 5.97 Å². The molecule has 0 heterocycles. The Morgan fingerprint density at radius 1 is 1.53 bits per heavy atom. The molecule has 1 rings (SSSR count). The number of halogens is 1. The van der Waals surface area contributed by atoms with Crippen molar-refractivity contribution in [3.8, 4) is 0 Å². The molecule has 94 valence electrons. The lowest BCUT2D eigenvalue weighted by Crippen LogP contribution is -2.33. The molecule has 0 aliphatic rings. The summed E-state index contributed by atoms with van der Waals surface area (Å²) in [6.07, 6.45) is 0.369. The fourth-order valence-electron chi connectivity index (χ4n) is 1.35. The molecule has 1 aromatic carbocycles. The highest BCUT2D eigenvalue weighted by molar-refractivity contribution is 5.95. The predicted octanol–water partition coefficient (Wildman–Crippen LogP) is 0.435. The molecule has 5 nitrogen and oxygen atoms in total. The fourth-order valence-corrected chi connectivity index (χ4v) is 1.35. The van der Waals surface area contributed by atoms with Crippen LogP contribution in [0, 0.1) is 5.41 Å². The second-order valence-electron chi connectivity index (χ2n) is 3.45. The number of amidine groups is 1. The van der Waals surface area contributed by atoms with Crippen molar-refractivity contribution in [3.63, 3.8) is 0 Å². The van der Waals surface area contributed by atoms with Gasteiger partial charge in [-0.05, 0) is 18.1 Å². The number of hydrogen-bond donors (Lipinski definition) is 3. The van der Waals surface area contributed by atoms with Gasteiger partial charge in [0.05, 0.1) is 7.11 Å². The number of esters is 1. The molecule has 0 bridgehead atoms. The van der Waals surface area contributed by atoms with Gasteiger partial charge in [-0.25, -0.2) is 0 Å². The predicted molar refractivity (Wildman–Crippen MR) is 68.4 cm³/mol. The van der Waals surface area contributed by atoms with Crippen LogP contribution < -0.4 is 11.5 Å². The summed E-state index contributed by atoms with van der Waals surface area (Å²) in [6.45, 7) is 0. The molecule has 5 N–H and O–H groups in total. The first-order chi connectivity index (χ1) is 7.54. The van der Waals surface area contributed by atoms with Crippen molar-refractivity contribution in [2.45, 2.75) is 12.5 Å². The Balaban J connectivity index is 0.00000256. The molecule has 0 saturated carbocycles. The topological polar surface area (TPSA) is 102 Å². The Bertz CT molecular complexity index is 409. The second-order valence-corrected chi connectivity index (χ2v) is 3.45. The zero-order chi connectivity index (χ0) is 12.1. The van der Waals surface area contributed by atoms with E-state index in [1.54, 1.807) is 18.2 Å². The standard InChI is InChI=1S/C11H15N3O2.ClH/c1-16-11(15)9(12)6-7-3-2-4-8(5-7)10(13)14;/h2-5,9H,6,12H2,1H3,(H3,13,14);1H/t9-;/m0./s1. The van der Waals surface area contributed by atoms with Gasteiger partial charge < -0.3 is 16.2 Å². The number of nitrogen functional groups attached to an aromatic ring is 1. The molecule has 0 saturated heterocycles. The third kappa shape index (κ3) is 4.42. The molecule has 0 radical (unpaired) electrons. The van der Waals surface area contributed by atoms with Crippen LogP contribution in [-0.2, 0) is 16.0 Å². The lowest BCUT2D eigenvalue weighted by molar-refractivity contribution is -0.142. The van der Waals surface area contributed by atoms with E-state index in [9.17, 15) is 4.79 Å². The zero-order valence-electron chi connectivity index (χ0n) is 9.47. The van der Waals surface area contributed by atoms with Gasteiger partial charge in [0.25, 0.3) is 0 Å². The maximum Gasteiger partial charge on any atom is 0.322 e. The van der Waals surface area contributed by atoms with E-state index in [4.69, 9.17) is 16.9 Å². The van der Waals surface area contributed by atoms with Crippen molar-refractivity contribution in [1.82, 2.24) is 0 Å². The molecule has 17 heavy (non-hydrogen) atoms. The molecule has 0 aliphatic heterocycles. The summed E-state index contributed by atoms with van der Waals surface area (Å²) in [5, 5.41) is 7.29. The average Bonchev–Trinajstić information content (AvgIpc) is 2.28. The number of hydrogen-bond acceptors (Lipinski definition) is 4. The van der Waals surface area contributed by atoms with Gasteiger partial charge in [0.15, 0.2) is 0 Å². The van der Waals surface area contributed by atoms with Crippen LogP contribution in [0.25, 0.3) is 0 Å². The van der Waals surface area contributed by atoms with Gasteiger partial charge in [-0.1, -0.05) is 18.2 Å². The minimum absolute atomic E-state index is 0. The quantitative estimate of drug-likeness (QED) is 0.414. The highest BCUT2D eigenvalue weighted by atomic mass is 35.5. The maximum absolute atomic E-state index is 11.1. The first-order valence-electron chi connectivity index (χ1n) is 4.81. The van der Waals surface area contributed by atoms with E-state index in [-0.39, 0.29) is 18.2 Å². The minimum Gasteiger partial charge on any atom is -0.468 e.